The highest BCUT2D eigenvalue weighted by atomic mass is 19.4. The minimum atomic E-state index is -4.44. The van der Waals surface area contributed by atoms with Crippen molar-refractivity contribution < 1.29 is 32.5 Å². The smallest absolute Gasteiger partial charge is 0.416 e. The Morgan fingerprint density at radius 1 is 1.45 bits per heavy atom. The fourth-order valence-electron chi connectivity index (χ4n) is 1.30. The summed E-state index contributed by atoms with van der Waals surface area (Å²) in [5, 5.41) is 10.4. The molecule has 1 amide bonds. The number of benzene rings is 1. The number of nitrogens with one attached hydrogen (secondary N) is 1. The first-order chi connectivity index (χ1) is 9.32. The minimum Gasteiger partial charge on any atom is -0.490 e. The number of ether oxygens (including phenoxy) is 2. The molecule has 112 valence electrons. The Bertz CT molecular complexity index is 451. The van der Waals surface area contributed by atoms with Crippen molar-refractivity contribution in [3.8, 4) is 5.75 Å². The molecule has 8 heteroatoms. The molecule has 0 radical (unpaired) electrons. The molecule has 1 rings (SSSR count). The van der Waals surface area contributed by atoms with E-state index in [9.17, 15) is 18.0 Å². The number of halogens is 3. The van der Waals surface area contributed by atoms with Crippen molar-refractivity contribution in [1.82, 2.24) is 5.32 Å². The molecule has 5 nitrogen and oxygen atoms in total. The number of hydrogen-bond donors (Lipinski definition) is 2. The molecule has 20 heavy (non-hydrogen) atoms. The predicted molar refractivity (Wildman–Crippen MR) is 63.1 cm³/mol. The number of carbonyl (C=O) groups excluding carboxylic acids is 1. The molecule has 0 heterocycles. The molecular formula is C12H14F3NO4. The maximum Gasteiger partial charge on any atom is 0.416 e. The van der Waals surface area contributed by atoms with Crippen LogP contribution in [0, 0.1) is 0 Å². The third-order valence-electron chi connectivity index (χ3n) is 2.18. The molecule has 0 aliphatic rings. The van der Waals surface area contributed by atoms with Gasteiger partial charge in [0, 0.05) is 0 Å². The molecule has 1 aromatic carbocycles. The van der Waals surface area contributed by atoms with Crippen molar-refractivity contribution in [2.45, 2.75) is 19.2 Å². The molecule has 0 saturated heterocycles. The van der Waals surface area contributed by atoms with Gasteiger partial charge in [0.15, 0.2) is 0 Å². The summed E-state index contributed by atoms with van der Waals surface area (Å²) in [6, 6.07) is 4.39. The van der Waals surface area contributed by atoms with Gasteiger partial charge in [0.2, 0.25) is 0 Å². The summed E-state index contributed by atoms with van der Waals surface area (Å²) in [5.74, 6) is 0.0258. The van der Waals surface area contributed by atoms with Crippen molar-refractivity contribution in [1.29, 1.82) is 0 Å². The van der Waals surface area contributed by atoms with Gasteiger partial charge >= 0.3 is 12.3 Å². The Morgan fingerprint density at radius 2 is 2.15 bits per heavy atom. The van der Waals surface area contributed by atoms with E-state index in [1.54, 1.807) is 0 Å². The van der Waals surface area contributed by atoms with Gasteiger partial charge in [-0.15, -0.1) is 0 Å². The highest BCUT2D eigenvalue weighted by Crippen LogP contribution is 2.31. The summed E-state index contributed by atoms with van der Waals surface area (Å²) < 4.78 is 47.3. The average Bonchev–Trinajstić information content (AvgIpc) is 2.36. The number of alkyl carbamates (subject to hydrolysis) is 1. The van der Waals surface area contributed by atoms with E-state index < -0.39 is 30.7 Å². The van der Waals surface area contributed by atoms with Crippen LogP contribution in [0.5, 0.6) is 5.75 Å². The van der Waals surface area contributed by atoms with E-state index in [-0.39, 0.29) is 12.4 Å². The molecule has 0 aliphatic carbocycles. The monoisotopic (exact) mass is 293 g/mol. The molecule has 0 bridgehead atoms. The lowest BCUT2D eigenvalue weighted by Gasteiger charge is -2.15. The lowest BCUT2D eigenvalue weighted by Crippen LogP contribution is -2.30. The van der Waals surface area contributed by atoms with E-state index in [1.165, 1.54) is 19.1 Å². The third-order valence-corrected chi connectivity index (χ3v) is 2.18. The molecule has 1 unspecified atom stereocenters. The first-order valence-electron chi connectivity index (χ1n) is 5.68. The summed E-state index contributed by atoms with van der Waals surface area (Å²) in [6.45, 7) is 0.824. The van der Waals surface area contributed by atoms with E-state index in [0.717, 1.165) is 12.1 Å². The van der Waals surface area contributed by atoms with Crippen LogP contribution in [0.15, 0.2) is 24.3 Å². The van der Waals surface area contributed by atoms with E-state index in [4.69, 9.17) is 14.6 Å². The number of hydrogen-bond acceptors (Lipinski definition) is 4. The van der Waals surface area contributed by atoms with E-state index in [1.807, 2.05) is 5.32 Å². The lowest BCUT2D eigenvalue weighted by molar-refractivity contribution is -0.137. The maximum absolute atomic E-state index is 12.5. The van der Waals surface area contributed by atoms with Gasteiger partial charge in [0.05, 0.1) is 5.56 Å². The van der Waals surface area contributed by atoms with Gasteiger partial charge in [-0.05, 0) is 25.1 Å². The number of aliphatic hydroxyl groups excluding tert-OH is 1. The van der Waals surface area contributed by atoms with Gasteiger partial charge in [-0.1, -0.05) is 6.07 Å². The van der Waals surface area contributed by atoms with E-state index >= 15 is 0 Å². The number of rotatable bonds is 5. The predicted octanol–water partition coefficient (Wildman–Crippen LogP) is 2.15. The van der Waals surface area contributed by atoms with Crippen LogP contribution >= 0.6 is 0 Å². The summed E-state index contributed by atoms with van der Waals surface area (Å²) in [5.41, 5.74) is -0.818. The zero-order valence-electron chi connectivity index (χ0n) is 10.6. The molecule has 1 aromatic rings. The number of carbonyl (C=O) groups is 1. The van der Waals surface area contributed by atoms with Crippen molar-refractivity contribution in [2.24, 2.45) is 0 Å². The zero-order valence-corrected chi connectivity index (χ0v) is 10.6. The largest absolute Gasteiger partial charge is 0.490 e. The summed E-state index contributed by atoms with van der Waals surface area (Å²) >= 11 is 0. The Hall–Kier alpha value is -1.96. The summed E-state index contributed by atoms with van der Waals surface area (Å²) in [4.78, 5) is 11.0. The van der Waals surface area contributed by atoms with Gasteiger partial charge in [0.1, 0.15) is 25.2 Å². The SMILES string of the molecule is CC(COc1cccc(C(F)(F)F)c1)OC(=O)NCO. The second-order valence-electron chi connectivity index (χ2n) is 3.89. The van der Waals surface area contributed by atoms with Crippen LogP contribution in [0.25, 0.3) is 0 Å². The second kappa shape index (κ2) is 6.99. The van der Waals surface area contributed by atoms with Crippen LogP contribution in [0.1, 0.15) is 12.5 Å². The van der Waals surface area contributed by atoms with Crippen LogP contribution < -0.4 is 10.1 Å². The van der Waals surface area contributed by atoms with Crippen LogP contribution in [0.3, 0.4) is 0 Å². The zero-order chi connectivity index (χ0) is 15.2. The normalized spacial score (nSPS) is 12.7. The van der Waals surface area contributed by atoms with Crippen LogP contribution in [0.4, 0.5) is 18.0 Å². The second-order valence-corrected chi connectivity index (χ2v) is 3.89. The van der Waals surface area contributed by atoms with Crippen molar-refractivity contribution in [3.05, 3.63) is 29.8 Å². The number of alkyl halides is 3. The number of aliphatic hydroxyl groups is 1. The van der Waals surface area contributed by atoms with Crippen molar-refractivity contribution in [3.63, 3.8) is 0 Å². The standard InChI is InChI=1S/C12H14F3NO4/c1-8(20-11(18)16-7-17)6-19-10-4-2-3-9(5-10)12(13,14)15/h2-5,8,17H,6-7H2,1H3,(H,16,18). The van der Waals surface area contributed by atoms with Gasteiger partial charge in [-0.3, -0.25) is 5.32 Å². The fraction of sp³-hybridized carbons (Fsp3) is 0.417. The first kappa shape index (κ1) is 16.1. The molecule has 2 N–H and O–H groups in total. The van der Waals surface area contributed by atoms with Gasteiger partial charge in [0.25, 0.3) is 0 Å². The minimum absolute atomic E-state index is 0.0258. The molecule has 0 spiro atoms. The van der Waals surface area contributed by atoms with Gasteiger partial charge in [-0.2, -0.15) is 13.2 Å². The third kappa shape index (κ3) is 5.35. The number of amides is 1. The van der Waals surface area contributed by atoms with Gasteiger partial charge in [-0.25, -0.2) is 4.79 Å². The molecular weight excluding hydrogens is 279 g/mol. The Kier molecular flexibility index (Phi) is 5.63. The van der Waals surface area contributed by atoms with Crippen molar-refractivity contribution >= 4 is 6.09 Å². The molecule has 0 aromatic heterocycles. The van der Waals surface area contributed by atoms with E-state index in [2.05, 4.69) is 0 Å². The molecule has 0 fully saturated rings. The quantitative estimate of drug-likeness (QED) is 0.816. The van der Waals surface area contributed by atoms with Crippen molar-refractivity contribution in [2.75, 3.05) is 13.3 Å². The summed E-state index contributed by atoms with van der Waals surface area (Å²) in [6.07, 6.45) is -5.97. The van der Waals surface area contributed by atoms with Crippen LogP contribution in [-0.4, -0.2) is 30.6 Å². The maximum atomic E-state index is 12.5. The molecule has 1 atom stereocenters. The summed E-state index contributed by atoms with van der Waals surface area (Å²) in [7, 11) is 0. The van der Waals surface area contributed by atoms with E-state index in [0.29, 0.717) is 0 Å². The average molecular weight is 293 g/mol. The van der Waals surface area contributed by atoms with Crippen LogP contribution in [-0.2, 0) is 10.9 Å². The lowest BCUT2D eigenvalue weighted by atomic mass is 10.2. The Morgan fingerprint density at radius 3 is 2.75 bits per heavy atom. The Labute approximate surface area is 113 Å². The molecule has 0 aliphatic heterocycles. The fourth-order valence-corrected chi connectivity index (χ4v) is 1.30. The highest BCUT2D eigenvalue weighted by Gasteiger charge is 2.30. The topological polar surface area (TPSA) is 67.8 Å². The highest BCUT2D eigenvalue weighted by molar-refractivity contribution is 5.67. The van der Waals surface area contributed by atoms with Crippen LogP contribution in [0.2, 0.25) is 0 Å². The first-order valence-corrected chi connectivity index (χ1v) is 5.68. The molecule has 0 saturated carbocycles. The Balaban J connectivity index is 2.51. The van der Waals surface area contributed by atoms with Gasteiger partial charge < -0.3 is 14.6 Å².